The Bertz CT molecular complexity index is 490. The molecule has 0 aliphatic rings. The Morgan fingerprint density at radius 2 is 1.19 bits per heavy atom. The number of carbonyl (C=O) groups is 2. The van der Waals surface area contributed by atoms with Crippen LogP contribution in [0, 0.1) is 0 Å². The van der Waals surface area contributed by atoms with Crippen LogP contribution < -0.4 is 10.6 Å². The molecule has 2 amide bonds. The number of nitrogens with zero attached hydrogens (tertiary/aromatic N) is 1. The minimum atomic E-state index is -0.471. The van der Waals surface area contributed by atoms with Crippen molar-refractivity contribution in [2.45, 2.75) is 104 Å². The first kappa shape index (κ1) is 29.3. The van der Waals surface area contributed by atoms with Gasteiger partial charge in [0.25, 0.3) is 0 Å². The maximum absolute atomic E-state index is 12.2. The van der Waals surface area contributed by atoms with Gasteiger partial charge in [0.05, 0.1) is 6.10 Å². The SMILES string of the molecule is CC/C=C/CCCC(=O)NC(C)CN(CC(C)O)CC(C)NC(=O)CCC/C=C/CC. The van der Waals surface area contributed by atoms with Gasteiger partial charge in [-0.2, -0.15) is 0 Å². The highest BCUT2D eigenvalue weighted by molar-refractivity contribution is 5.76. The number of aliphatic hydroxyl groups is 1. The van der Waals surface area contributed by atoms with Gasteiger partial charge in [0.15, 0.2) is 0 Å². The van der Waals surface area contributed by atoms with Crippen molar-refractivity contribution in [2.24, 2.45) is 0 Å². The highest BCUT2D eigenvalue weighted by atomic mass is 16.3. The van der Waals surface area contributed by atoms with E-state index in [4.69, 9.17) is 0 Å². The number of aliphatic hydroxyl groups excluding tert-OH is 1. The molecule has 0 radical (unpaired) electrons. The molecule has 0 saturated heterocycles. The van der Waals surface area contributed by atoms with Gasteiger partial charge in [0, 0.05) is 44.6 Å². The number of allylic oxidation sites excluding steroid dienone is 4. The molecule has 0 aromatic rings. The van der Waals surface area contributed by atoms with Crippen LogP contribution in [0.4, 0.5) is 0 Å². The molecule has 0 bridgehead atoms. The van der Waals surface area contributed by atoms with Crippen LogP contribution in [0.3, 0.4) is 0 Å². The zero-order valence-electron chi connectivity index (χ0n) is 20.5. The molecule has 0 aliphatic carbocycles. The van der Waals surface area contributed by atoms with Crippen molar-refractivity contribution in [3.05, 3.63) is 24.3 Å². The predicted molar refractivity (Wildman–Crippen MR) is 130 cm³/mol. The Labute approximate surface area is 190 Å². The van der Waals surface area contributed by atoms with Crippen molar-refractivity contribution < 1.29 is 14.7 Å². The fourth-order valence-corrected chi connectivity index (χ4v) is 3.49. The van der Waals surface area contributed by atoms with Crippen LogP contribution >= 0.6 is 0 Å². The Hall–Kier alpha value is -1.66. The van der Waals surface area contributed by atoms with Gasteiger partial charge >= 0.3 is 0 Å². The first-order valence-electron chi connectivity index (χ1n) is 12.1. The lowest BCUT2D eigenvalue weighted by Gasteiger charge is -2.30. The summed E-state index contributed by atoms with van der Waals surface area (Å²) in [5.74, 6) is 0.126. The third-order valence-corrected chi connectivity index (χ3v) is 4.76. The summed E-state index contributed by atoms with van der Waals surface area (Å²) in [6, 6.07) is -0.0450. The number of carbonyl (C=O) groups excluding carboxylic acids is 2. The molecule has 0 heterocycles. The van der Waals surface area contributed by atoms with E-state index >= 15 is 0 Å². The molecule has 0 saturated carbocycles. The van der Waals surface area contributed by atoms with Crippen LogP contribution in [0.15, 0.2) is 24.3 Å². The Balaban J connectivity index is 4.38. The second-order valence-electron chi connectivity index (χ2n) is 8.55. The molecule has 3 atom stereocenters. The summed E-state index contributed by atoms with van der Waals surface area (Å²) < 4.78 is 0. The minimum Gasteiger partial charge on any atom is -0.392 e. The van der Waals surface area contributed by atoms with Crippen molar-refractivity contribution >= 4 is 11.8 Å². The van der Waals surface area contributed by atoms with E-state index < -0.39 is 6.10 Å². The number of amides is 2. The highest BCUT2D eigenvalue weighted by Gasteiger charge is 2.17. The average Bonchev–Trinajstić information content (AvgIpc) is 2.66. The average molecular weight is 438 g/mol. The molecule has 3 unspecified atom stereocenters. The molecule has 0 aromatic heterocycles. The Morgan fingerprint density at radius 1 is 0.774 bits per heavy atom. The monoisotopic (exact) mass is 437 g/mol. The topological polar surface area (TPSA) is 81.7 Å². The van der Waals surface area contributed by atoms with Gasteiger partial charge in [-0.15, -0.1) is 0 Å². The first-order valence-corrected chi connectivity index (χ1v) is 12.1. The number of hydrogen-bond acceptors (Lipinski definition) is 4. The molecule has 0 fully saturated rings. The van der Waals surface area contributed by atoms with Crippen LogP contribution in [0.25, 0.3) is 0 Å². The maximum Gasteiger partial charge on any atom is 0.220 e. The maximum atomic E-state index is 12.2. The molecule has 6 heteroatoms. The summed E-state index contributed by atoms with van der Waals surface area (Å²) >= 11 is 0. The molecule has 0 rings (SSSR count). The van der Waals surface area contributed by atoms with Gasteiger partial charge in [-0.1, -0.05) is 38.2 Å². The predicted octanol–water partition coefficient (Wildman–Crippen LogP) is 3.95. The summed E-state index contributed by atoms with van der Waals surface area (Å²) in [7, 11) is 0. The number of rotatable bonds is 18. The molecule has 0 aliphatic heterocycles. The lowest BCUT2D eigenvalue weighted by atomic mass is 10.2. The molecule has 31 heavy (non-hydrogen) atoms. The quantitative estimate of drug-likeness (QED) is 0.224. The summed E-state index contributed by atoms with van der Waals surface area (Å²) in [6.45, 7) is 11.7. The normalized spacial score (nSPS) is 14.8. The summed E-state index contributed by atoms with van der Waals surface area (Å²) in [5, 5.41) is 16.0. The third-order valence-electron chi connectivity index (χ3n) is 4.76. The Kier molecular flexibility index (Phi) is 18.0. The van der Waals surface area contributed by atoms with Crippen LogP contribution in [-0.4, -0.2) is 59.6 Å². The molecule has 6 nitrogen and oxygen atoms in total. The summed E-state index contributed by atoms with van der Waals surface area (Å²) in [6.07, 6.45) is 14.7. The lowest BCUT2D eigenvalue weighted by Crippen LogP contribution is -2.49. The van der Waals surface area contributed by atoms with E-state index in [1.807, 2.05) is 13.8 Å². The smallest absolute Gasteiger partial charge is 0.220 e. The summed E-state index contributed by atoms with van der Waals surface area (Å²) in [4.78, 5) is 26.4. The standard InChI is InChI=1S/C25H47N3O3/c1-6-8-10-12-14-16-24(30)26-21(3)18-28(20-23(5)29)19-22(4)27-25(31)17-15-13-11-9-7-2/h8-11,21-23,29H,6-7,12-20H2,1-5H3,(H,26,30)(H,27,31)/b10-8+,11-9+. The van der Waals surface area contributed by atoms with Crippen LogP contribution in [0.2, 0.25) is 0 Å². The van der Waals surface area contributed by atoms with Crippen LogP contribution in [0.1, 0.15) is 86.0 Å². The van der Waals surface area contributed by atoms with E-state index in [0.717, 1.165) is 38.5 Å². The van der Waals surface area contributed by atoms with E-state index in [-0.39, 0.29) is 23.9 Å². The molecule has 0 spiro atoms. The van der Waals surface area contributed by atoms with Crippen molar-refractivity contribution in [1.82, 2.24) is 15.5 Å². The number of unbranched alkanes of at least 4 members (excludes halogenated alkanes) is 2. The van der Waals surface area contributed by atoms with Gasteiger partial charge in [0.1, 0.15) is 0 Å². The van der Waals surface area contributed by atoms with Gasteiger partial charge in [-0.3, -0.25) is 14.5 Å². The largest absolute Gasteiger partial charge is 0.392 e. The molecule has 180 valence electrons. The van der Waals surface area contributed by atoms with Gasteiger partial charge in [0.2, 0.25) is 11.8 Å². The lowest BCUT2D eigenvalue weighted by molar-refractivity contribution is -0.122. The third kappa shape index (κ3) is 18.8. The first-order chi connectivity index (χ1) is 14.8. The van der Waals surface area contributed by atoms with Crippen molar-refractivity contribution in [3.8, 4) is 0 Å². The van der Waals surface area contributed by atoms with E-state index in [1.54, 1.807) is 6.92 Å². The Morgan fingerprint density at radius 3 is 1.55 bits per heavy atom. The fraction of sp³-hybridized carbons (Fsp3) is 0.760. The van der Waals surface area contributed by atoms with E-state index in [0.29, 0.717) is 32.5 Å². The van der Waals surface area contributed by atoms with Crippen molar-refractivity contribution in [1.29, 1.82) is 0 Å². The molecular weight excluding hydrogens is 390 g/mol. The zero-order valence-corrected chi connectivity index (χ0v) is 20.5. The summed E-state index contributed by atoms with van der Waals surface area (Å²) in [5.41, 5.74) is 0. The highest BCUT2D eigenvalue weighted by Crippen LogP contribution is 2.03. The molecular formula is C25H47N3O3. The van der Waals surface area contributed by atoms with Gasteiger partial charge in [-0.05, 0) is 59.3 Å². The zero-order chi connectivity index (χ0) is 23.5. The van der Waals surface area contributed by atoms with E-state index in [9.17, 15) is 14.7 Å². The molecule has 3 N–H and O–H groups in total. The van der Waals surface area contributed by atoms with Crippen molar-refractivity contribution in [3.63, 3.8) is 0 Å². The van der Waals surface area contributed by atoms with E-state index in [1.165, 1.54) is 0 Å². The second kappa shape index (κ2) is 19.1. The van der Waals surface area contributed by atoms with Gasteiger partial charge < -0.3 is 15.7 Å². The van der Waals surface area contributed by atoms with Crippen LogP contribution in [-0.2, 0) is 9.59 Å². The minimum absolute atomic E-state index is 0.0225. The van der Waals surface area contributed by atoms with E-state index in [2.05, 4.69) is 53.7 Å². The molecule has 0 aromatic carbocycles. The van der Waals surface area contributed by atoms with Gasteiger partial charge in [-0.25, -0.2) is 0 Å². The second-order valence-corrected chi connectivity index (χ2v) is 8.55. The fourth-order valence-electron chi connectivity index (χ4n) is 3.49. The number of nitrogens with one attached hydrogen (secondary N) is 2. The number of hydrogen-bond donors (Lipinski definition) is 3. The van der Waals surface area contributed by atoms with Crippen molar-refractivity contribution in [2.75, 3.05) is 19.6 Å². The van der Waals surface area contributed by atoms with Crippen LogP contribution in [0.5, 0.6) is 0 Å².